The van der Waals surface area contributed by atoms with Crippen LogP contribution in [0.1, 0.15) is 19.8 Å². The summed E-state index contributed by atoms with van der Waals surface area (Å²) < 4.78 is 0. The third-order valence-electron chi connectivity index (χ3n) is 0.695. The average molecular weight is 115 g/mol. The number of hydrogen-bond donors (Lipinski definition) is 0. The van der Waals surface area contributed by atoms with Gasteiger partial charge in [0.15, 0.2) is 5.34 Å². The van der Waals surface area contributed by atoms with Crippen LogP contribution < -0.4 is 0 Å². The molecule has 0 heterocycles. The van der Waals surface area contributed by atoms with E-state index < -0.39 is 0 Å². The summed E-state index contributed by atoms with van der Waals surface area (Å²) >= 11 is 0. The van der Waals surface area contributed by atoms with Crippen LogP contribution in [0.25, 0.3) is 0 Å². The van der Waals surface area contributed by atoms with Crippen molar-refractivity contribution in [3.63, 3.8) is 0 Å². The molecule has 0 saturated carbocycles. The van der Waals surface area contributed by atoms with Crippen molar-refractivity contribution in [1.82, 2.24) is 0 Å². The molecule has 0 atom stereocenters. The molecule has 0 rings (SSSR count). The van der Waals surface area contributed by atoms with Crippen LogP contribution in [0.3, 0.4) is 0 Å². The highest BCUT2D eigenvalue weighted by Gasteiger charge is 1.89. The summed E-state index contributed by atoms with van der Waals surface area (Å²) in [5, 5.41) is 2.20. The summed E-state index contributed by atoms with van der Waals surface area (Å²) in [4.78, 5) is 13.5. The van der Waals surface area contributed by atoms with E-state index in [9.17, 15) is 4.91 Å². The molecule has 0 aromatic rings. The van der Waals surface area contributed by atoms with Crippen LogP contribution in [0.15, 0.2) is 17.7 Å². The van der Waals surface area contributed by atoms with E-state index in [1.165, 1.54) is 0 Å². The molecular formula is C5H9NO2. The molecule has 0 amide bonds. The minimum absolute atomic E-state index is 0.433. The molecule has 0 bridgehead atoms. The van der Waals surface area contributed by atoms with Gasteiger partial charge in [0.25, 0.3) is 0 Å². The maximum Gasteiger partial charge on any atom is 0.160 e. The molecule has 0 aliphatic carbocycles. The van der Waals surface area contributed by atoms with Gasteiger partial charge in [-0.05, 0) is 6.42 Å². The van der Waals surface area contributed by atoms with E-state index >= 15 is 0 Å². The van der Waals surface area contributed by atoms with Gasteiger partial charge in [0.1, 0.15) is 5.76 Å². The molecule has 3 heteroatoms. The molecule has 0 unspecified atom stereocenters. The summed E-state index contributed by atoms with van der Waals surface area (Å²) in [6.07, 6.45) is 1.63. The highest BCUT2D eigenvalue weighted by atomic mass is 16.7. The van der Waals surface area contributed by atoms with Gasteiger partial charge < -0.3 is 4.84 Å². The molecule has 0 aromatic heterocycles. The molecule has 8 heavy (non-hydrogen) atoms. The highest BCUT2D eigenvalue weighted by molar-refractivity contribution is 4.79. The predicted molar refractivity (Wildman–Crippen MR) is 30.9 cm³/mol. The van der Waals surface area contributed by atoms with E-state index in [-0.39, 0.29) is 0 Å². The van der Waals surface area contributed by atoms with Crippen LogP contribution in [-0.2, 0) is 4.84 Å². The molecule has 0 saturated heterocycles. The first-order valence-electron chi connectivity index (χ1n) is 2.48. The Morgan fingerprint density at radius 3 is 2.88 bits per heavy atom. The molecule has 46 valence electrons. The third-order valence-corrected chi connectivity index (χ3v) is 0.695. The molecule has 0 N–H and O–H groups in total. The highest BCUT2D eigenvalue weighted by Crippen LogP contribution is 2.02. The van der Waals surface area contributed by atoms with Crippen molar-refractivity contribution in [3.05, 3.63) is 17.2 Å². The van der Waals surface area contributed by atoms with Gasteiger partial charge >= 0.3 is 0 Å². The van der Waals surface area contributed by atoms with Crippen molar-refractivity contribution in [1.29, 1.82) is 0 Å². The van der Waals surface area contributed by atoms with Gasteiger partial charge in [0.05, 0.1) is 0 Å². The Balaban J connectivity index is 3.18. The topological polar surface area (TPSA) is 38.7 Å². The number of allylic oxidation sites excluding steroid dienone is 1. The lowest BCUT2D eigenvalue weighted by Gasteiger charge is -1.93. The summed E-state index contributed by atoms with van der Waals surface area (Å²) in [7, 11) is 0. The monoisotopic (exact) mass is 115 g/mol. The van der Waals surface area contributed by atoms with Crippen LogP contribution >= 0.6 is 0 Å². The first kappa shape index (κ1) is 7.14. The maximum absolute atomic E-state index is 9.36. The van der Waals surface area contributed by atoms with Crippen molar-refractivity contribution in [2.45, 2.75) is 19.8 Å². The Morgan fingerprint density at radius 1 is 1.88 bits per heavy atom. The van der Waals surface area contributed by atoms with E-state index in [4.69, 9.17) is 0 Å². The summed E-state index contributed by atoms with van der Waals surface area (Å²) in [5.74, 6) is 0.433. The Morgan fingerprint density at radius 2 is 2.50 bits per heavy atom. The molecule has 3 nitrogen and oxygen atoms in total. The molecule has 0 fully saturated rings. The van der Waals surface area contributed by atoms with Crippen LogP contribution in [0.4, 0.5) is 0 Å². The van der Waals surface area contributed by atoms with E-state index in [1.807, 2.05) is 6.92 Å². The van der Waals surface area contributed by atoms with E-state index in [2.05, 4.69) is 16.8 Å². The van der Waals surface area contributed by atoms with Crippen molar-refractivity contribution in [2.24, 2.45) is 5.34 Å². The van der Waals surface area contributed by atoms with Gasteiger partial charge in [-0.2, -0.15) is 0 Å². The smallest absolute Gasteiger partial charge is 0.160 e. The summed E-state index contributed by atoms with van der Waals surface area (Å²) in [6.45, 7) is 5.39. The largest absolute Gasteiger partial charge is 0.329 e. The van der Waals surface area contributed by atoms with Crippen LogP contribution in [0, 0.1) is 4.91 Å². The van der Waals surface area contributed by atoms with Crippen molar-refractivity contribution in [3.8, 4) is 0 Å². The van der Waals surface area contributed by atoms with Crippen molar-refractivity contribution < 1.29 is 4.84 Å². The number of rotatable bonds is 4. The Labute approximate surface area is 48.3 Å². The standard InChI is InChI=1S/C5H9NO2/c1-3-4-5(2)8-6-7/h2-4H2,1H3. The zero-order valence-electron chi connectivity index (χ0n) is 4.89. The zero-order valence-corrected chi connectivity index (χ0v) is 4.89. The van der Waals surface area contributed by atoms with E-state index in [0.29, 0.717) is 12.2 Å². The first-order valence-corrected chi connectivity index (χ1v) is 2.48. The van der Waals surface area contributed by atoms with Gasteiger partial charge in [0, 0.05) is 6.42 Å². The Hall–Kier alpha value is -0.860. The molecule has 0 aliphatic rings. The Kier molecular flexibility index (Phi) is 3.84. The van der Waals surface area contributed by atoms with Gasteiger partial charge in [-0.3, -0.25) is 0 Å². The molecule has 0 aliphatic heterocycles. The normalized spacial score (nSPS) is 8.12. The van der Waals surface area contributed by atoms with Crippen LogP contribution in [0.5, 0.6) is 0 Å². The lowest BCUT2D eigenvalue weighted by Crippen LogP contribution is -1.79. The first-order chi connectivity index (χ1) is 3.81. The third kappa shape index (κ3) is 3.33. The van der Waals surface area contributed by atoms with Crippen LogP contribution in [0.2, 0.25) is 0 Å². The lowest BCUT2D eigenvalue weighted by atomic mass is 10.3. The number of nitrogens with zero attached hydrogens (tertiary/aromatic N) is 1. The van der Waals surface area contributed by atoms with Gasteiger partial charge in [0.2, 0.25) is 0 Å². The molecule has 0 radical (unpaired) electrons. The molecule has 0 aromatic carbocycles. The minimum Gasteiger partial charge on any atom is -0.329 e. The summed E-state index contributed by atoms with van der Waals surface area (Å²) in [6, 6.07) is 0. The quantitative estimate of drug-likeness (QED) is 0.319. The minimum atomic E-state index is 0.433. The predicted octanol–water partition coefficient (Wildman–Crippen LogP) is 2.00. The maximum atomic E-state index is 9.36. The van der Waals surface area contributed by atoms with Crippen molar-refractivity contribution in [2.75, 3.05) is 0 Å². The van der Waals surface area contributed by atoms with Gasteiger partial charge in [-0.1, -0.05) is 13.5 Å². The fourth-order valence-corrected chi connectivity index (χ4v) is 0.377. The van der Waals surface area contributed by atoms with E-state index in [0.717, 1.165) is 6.42 Å². The van der Waals surface area contributed by atoms with Crippen LogP contribution in [-0.4, -0.2) is 0 Å². The average Bonchev–Trinajstić information content (AvgIpc) is 1.68. The second-order valence-corrected chi connectivity index (χ2v) is 1.45. The second-order valence-electron chi connectivity index (χ2n) is 1.45. The SMILES string of the molecule is C=C(CCC)ON=O. The summed E-state index contributed by atoms with van der Waals surface area (Å²) in [5.41, 5.74) is 0. The van der Waals surface area contributed by atoms with Gasteiger partial charge in [-0.15, -0.1) is 4.91 Å². The van der Waals surface area contributed by atoms with Gasteiger partial charge in [-0.25, -0.2) is 0 Å². The van der Waals surface area contributed by atoms with Crippen molar-refractivity contribution >= 4 is 0 Å². The zero-order chi connectivity index (χ0) is 6.41. The number of hydrogen-bond acceptors (Lipinski definition) is 3. The fourth-order valence-electron chi connectivity index (χ4n) is 0.377. The fraction of sp³-hybridized carbons (Fsp3) is 0.600. The molecule has 0 spiro atoms. The lowest BCUT2D eigenvalue weighted by molar-refractivity contribution is 0.212. The Bertz CT molecular complexity index is 90.4. The van der Waals surface area contributed by atoms with E-state index in [1.54, 1.807) is 0 Å². The molecular weight excluding hydrogens is 106 g/mol. The second kappa shape index (κ2) is 4.30.